The summed E-state index contributed by atoms with van der Waals surface area (Å²) < 4.78 is 1.21. The van der Waals surface area contributed by atoms with Crippen LogP contribution in [-0.4, -0.2) is 25.9 Å². The molecule has 0 bridgehead atoms. The van der Waals surface area contributed by atoms with Crippen LogP contribution in [0.3, 0.4) is 0 Å². The molecule has 0 atom stereocenters. The second-order valence-electron chi connectivity index (χ2n) is 2.95. The Balaban J connectivity index is 2.31. The summed E-state index contributed by atoms with van der Waals surface area (Å²) in [5, 5.41) is 15.7. The Morgan fingerprint density at radius 3 is 2.64 bits per heavy atom. The second-order valence-corrected chi connectivity index (χ2v) is 2.95. The number of nitrogens with two attached hydrogens (primary N) is 2. The fourth-order valence-corrected chi connectivity index (χ4v) is 1.07. The fraction of sp³-hybridized carbons (Fsp3) is 0.571. The molecule has 0 saturated heterocycles. The van der Waals surface area contributed by atoms with Crippen molar-refractivity contribution in [2.24, 2.45) is 0 Å². The minimum atomic E-state index is -0.793. The Hall–Kier alpha value is -1.79. The quantitative estimate of drug-likeness (QED) is 0.429. The van der Waals surface area contributed by atoms with Crippen molar-refractivity contribution in [3.05, 3.63) is 5.82 Å². The van der Waals surface area contributed by atoms with Crippen molar-refractivity contribution >= 4 is 11.9 Å². The van der Waals surface area contributed by atoms with Gasteiger partial charge in [0.1, 0.15) is 0 Å². The van der Waals surface area contributed by atoms with E-state index in [2.05, 4.69) is 10.2 Å². The summed E-state index contributed by atoms with van der Waals surface area (Å²) in [5.74, 6) is 5.44. The van der Waals surface area contributed by atoms with Gasteiger partial charge in [-0.15, -0.1) is 10.2 Å². The zero-order chi connectivity index (χ0) is 10.6. The summed E-state index contributed by atoms with van der Waals surface area (Å²) >= 11 is 0. The maximum absolute atomic E-state index is 10.2. The van der Waals surface area contributed by atoms with Gasteiger partial charge in [-0.2, -0.15) is 0 Å². The zero-order valence-corrected chi connectivity index (χ0v) is 7.68. The molecule has 0 saturated carbocycles. The summed E-state index contributed by atoms with van der Waals surface area (Å²) in [6.45, 7) is 0. The van der Waals surface area contributed by atoms with Crippen LogP contribution in [0.15, 0.2) is 0 Å². The number of rotatable bonds is 5. The van der Waals surface area contributed by atoms with Crippen molar-refractivity contribution in [1.82, 2.24) is 14.9 Å². The molecule has 7 nitrogen and oxygen atoms in total. The predicted molar refractivity (Wildman–Crippen MR) is 49.8 cm³/mol. The number of aryl methyl sites for hydroxylation is 1. The first-order valence-electron chi connectivity index (χ1n) is 4.28. The number of carboxylic acid groups (broad SMARTS) is 1. The summed E-state index contributed by atoms with van der Waals surface area (Å²) in [6, 6.07) is 0. The number of unbranched alkanes of at least 4 members (excludes halogenated alkanes) is 1. The molecule has 0 spiro atoms. The van der Waals surface area contributed by atoms with Crippen molar-refractivity contribution in [2.75, 3.05) is 11.6 Å². The van der Waals surface area contributed by atoms with Gasteiger partial charge in [0.05, 0.1) is 0 Å². The smallest absolute Gasteiger partial charge is 0.303 e. The van der Waals surface area contributed by atoms with E-state index in [1.165, 1.54) is 4.68 Å². The van der Waals surface area contributed by atoms with Gasteiger partial charge in [-0.3, -0.25) is 4.79 Å². The molecular weight excluding hydrogens is 186 g/mol. The maximum Gasteiger partial charge on any atom is 0.303 e. The van der Waals surface area contributed by atoms with Gasteiger partial charge in [0, 0.05) is 12.8 Å². The monoisotopic (exact) mass is 199 g/mol. The number of hydrogen-bond donors (Lipinski definition) is 3. The van der Waals surface area contributed by atoms with Gasteiger partial charge in [0.15, 0.2) is 5.82 Å². The van der Waals surface area contributed by atoms with Gasteiger partial charge in [-0.05, 0) is 12.8 Å². The number of carboxylic acids is 1. The Kier molecular flexibility index (Phi) is 3.27. The third-order valence-corrected chi connectivity index (χ3v) is 1.83. The number of aliphatic carboxylic acids is 1. The standard InChI is InChI=1S/C7H13N5O2/c8-7-11-10-5(12(7)9)3-1-2-4-6(13)14/h1-4,9H2,(H2,8,11)(H,13,14). The van der Waals surface area contributed by atoms with Gasteiger partial charge < -0.3 is 16.7 Å². The second kappa shape index (κ2) is 4.45. The van der Waals surface area contributed by atoms with Crippen LogP contribution in [-0.2, 0) is 11.2 Å². The molecule has 14 heavy (non-hydrogen) atoms. The first kappa shape index (κ1) is 10.3. The highest BCUT2D eigenvalue weighted by molar-refractivity contribution is 5.66. The van der Waals surface area contributed by atoms with E-state index in [0.717, 1.165) is 0 Å². The topological polar surface area (TPSA) is 120 Å². The van der Waals surface area contributed by atoms with Crippen LogP contribution in [0.25, 0.3) is 0 Å². The molecule has 5 N–H and O–H groups in total. The number of carbonyl (C=O) groups is 1. The van der Waals surface area contributed by atoms with E-state index in [9.17, 15) is 4.79 Å². The third kappa shape index (κ3) is 2.61. The van der Waals surface area contributed by atoms with Crippen molar-refractivity contribution in [3.8, 4) is 0 Å². The predicted octanol–water partition coefficient (Wildman–Crippen LogP) is -0.629. The molecule has 0 fully saturated rings. The molecule has 0 unspecified atom stereocenters. The van der Waals surface area contributed by atoms with Crippen LogP contribution >= 0.6 is 0 Å². The average molecular weight is 199 g/mol. The van der Waals surface area contributed by atoms with E-state index in [4.69, 9.17) is 16.7 Å². The van der Waals surface area contributed by atoms with E-state index in [1.807, 2.05) is 0 Å². The molecule has 0 aliphatic rings. The number of aromatic nitrogens is 3. The van der Waals surface area contributed by atoms with E-state index in [-0.39, 0.29) is 12.4 Å². The molecule has 0 radical (unpaired) electrons. The Morgan fingerprint density at radius 2 is 2.14 bits per heavy atom. The van der Waals surface area contributed by atoms with E-state index >= 15 is 0 Å². The summed E-state index contributed by atoms with van der Waals surface area (Å²) in [4.78, 5) is 10.2. The van der Waals surface area contributed by atoms with Gasteiger partial charge in [-0.25, -0.2) is 4.68 Å². The van der Waals surface area contributed by atoms with E-state index in [1.54, 1.807) is 0 Å². The molecule has 0 aliphatic carbocycles. The van der Waals surface area contributed by atoms with Gasteiger partial charge in [0.25, 0.3) is 0 Å². The summed E-state index contributed by atoms with van der Waals surface area (Å²) in [5.41, 5.74) is 5.36. The lowest BCUT2D eigenvalue weighted by Crippen LogP contribution is -2.15. The first-order valence-corrected chi connectivity index (χ1v) is 4.28. The highest BCUT2D eigenvalue weighted by atomic mass is 16.4. The minimum Gasteiger partial charge on any atom is -0.481 e. The average Bonchev–Trinajstić information content (AvgIpc) is 2.43. The van der Waals surface area contributed by atoms with Crippen molar-refractivity contribution in [3.63, 3.8) is 0 Å². The summed E-state index contributed by atoms with van der Waals surface area (Å²) in [7, 11) is 0. The first-order chi connectivity index (χ1) is 6.61. The van der Waals surface area contributed by atoms with Crippen molar-refractivity contribution < 1.29 is 9.90 Å². The molecule has 1 aromatic heterocycles. The number of anilines is 1. The van der Waals surface area contributed by atoms with Crippen LogP contribution in [0, 0.1) is 0 Å². The Morgan fingerprint density at radius 1 is 1.43 bits per heavy atom. The Labute approximate surface area is 80.7 Å². The lowest BCUT2D eigenvalue weighted by Gasteiger charge is -1.99. The molecule has 1 aromatic rings. The van der Waals surface area contributed by atoms with E-state index < -0.39 is 5.97 Å². The zero-order valence-electron chi connectivity index (χ0n) is 7.68. The van der Waals surface area contributed by atoms with Gasteiger partial charge >= 0.3 is 5.97 Å². The molecule has 78 valence electrons. The highest BCUT2D eigenvalue weighted by Gasteiger charge is 2.06. The van der Waals surface area contributed by atoms with Crippen LogP contribution in [0.2, 0.25) is 0 Å². The number of nitrogens with zero attached hydrogens (tertiary/aromatic N) is 3. The molecule has 0 aromatic carbocycles. The van der Waals surface area contributed by atoms with Crippen molar-refractivity contribution in [2.45, 2.75) is 25.7 Å². The third-order valence-electron chi connectivity index (χ3n) is 1.83. The number of nitrogen functional groups attached to an aromatic ring is 2. The maximum atomic E-state index is 10.2. The highest BCUT2D eigenvalue weighted by Crippen LogP contribution is 2.04. The van der Waals surface area contributed by atoms with Crippen molar-refractivity contribution in [1.29, 1.82) is 0 Å². The molecule has 7 heteroatoms. The molecule has 1 heterocycles. The fourth-order valence-electron chi connectivity index (χ4n) is 1.07. The van der Waals surface area contributed by atoms with E-state index in [0.29, 0.717) is 25.1 Å². The lowest BCUT2D eigenvalue weighted by molar-refractivity contribution is -0.137. The van der Waals surface area contributed by atoms with Gasteiger partial charge in [-0.1, -0.05) is 0 Å². The van der Waals surface area contributed by atoms with Crippen LogP contribution < -0.4 is 11.6 Å². The normalized spacial score (nSPS) is 10.3. The van der Waals surface area contributed by atoms with Crippen LogP contribution in [0.4, 0.5) is 5.95 Å². The molecule has 0 aliphatic heterocycles. The lowest BCUT2D eigenvalue weighted by atomic mass is 10.2. The van der Waals surface area contributed by atoms with Crippen LogP contribution in [0.5, 0.6) is 0 Å². The summed E-state index contributed by atoms with van der Waals surface area (Å²) in [6.07, 6.45) is 2.06. The minimum absolute atomic E-state index is 0.161. The largest absolute Gasteiger partial charge is 0.481 e. The molecule has 1 rings (SSSR count). The number of hydrogen-bond acceptors (Lipinski definition) is 5. The van der Waals surface area contributed by atoms with Crippen LogP contribution in [0.1, 0.15) is 25.1 Å². The molecule has 0 amide bonds. The SMILES string of the molecule is Nc1nnc(CCCCC(=O)O)n1N. The van der Waals surface area contributed by atoms with Gasteiger partial charge in [0.2, 0.25) is 5.95 Å². The molecular formula is C7H13N5O2. The Bertz CT molecular complexity index is 322.